The van der Waals surface area contributed by atoms with E-state index in [1.165, 1.54) is 27.8 Å². The molecule has 0 bridgehead atoms. The number of carbonyl (C=O) groups is 1. The number of carbonyl (C=O) groups excluding carboxylic acids is 1. The molecule has 0 radical (unpaired) electrons. The first-order valence-corrected chi connectivity index (χ1v) is 15.1. The molecule has 0 saturated heterocycles. The molecule has 0 atom stereocenters. The van der Waals surface area contributed by atoms with Crippen LogP contribution >= 0.6 is 11.3 Å². The van der Waals surface area contributed by atoms with Crippen molar-refractivity contribution in [2.24, 2.45) is 11.8 Å². The number of amides is 1. The molecule has 0 aliphatic heterocycles. The second kappa shape index (κ2) is 12.2. The Kier molecular flexibility index (Phi) is 8.99. The molecule has 0 aliphatic carbocycles. The number of hydrogen-bond donors (Lipinski definition) is 0. The highest BCUT2D eigenvalue weighted by Crippen LogP contribution is 2.35. The van der Waals surface area contributed by atoms with E-state index in [0.717, 1.165) is 10.3 Å². The van der Waals surface area contributed by atoms with Gasteiger partial charge in [0.15, 0.2) is 5.13 Å². The molecular weight excluding hydrogens is 532 g/mol. The van der Waals surface area contributed by atoms with Crippen LogP contribution in [-0.4, -0.2) is 48.8 Å². The number of benzene rings is 2. The van der Waals surface area contributed by atoms with Crippen LogP contribution in [0.3, 0.4) is 0 Å². The lowest BCUT2D eigenvalue weighted by Gasteiger charge is -2.26. The molecule has 8 nitrogen and oxygen atoms in total. The van der Waals surface area contributed by atoms with Gasteiger partial charge in [-0.15, -0.1) is 0 Å². The monoisotopic (exact) mass is 566 g/mol. The molecule has 0 aliphatic rings. The molecule has 0 fully saturated rings. The van der Waals surface area contributed by atoms with E-state index in [2.05, 4.69) is 4.98 Å². The zero-order chi connectivity index (χ0) is 28.2. The Morgan fingerprint density at radius 1 is 0.974 bits per heavy atom. The fraction of sp³-hybridized carbons (Fsp3) is 0.345. The average Bonchev–Trinajstić information content (AvgIpc) is 3.35. The first kappa shape index (κ1) is 28.7. The van der Waals surface area contributed by atoms with E-state index in [0.29, 0.717) is 35.1 Å². The van der Waals surface area contributed by atoms with Crippen molar-refractivity contribution in [1.82, 2.24) is 14.3 Å². The van der Waals surface area contributed by atoms with Crippen molar-refractivity contribution in [2.45, 2.75) is 39.1 Å². The van der Waals surface area contributed by atoms with Gasteiger partial charge in [0.1, 0.15) is 11.3 Å². The van der Waals surface area contributed by atoms with E-state index >= 15 is 0 Å². The predicted octanol–water partition coefficient (Wildman–Crippen LogP) is 5.85. The van der Waals surface area contributed by atoms with E-state index < -0.39 is 10.0 Å². The summed E-state index contributed by atoms with van der Waals surface area (Å²) in [7, 11) is -2.11. The van der Waals surface area contributed by atoms with Crippen molar-refractivity contribution in [3.8, 4) is 5.75 Å². The number of nitrogens with zero attached hydrogens (tertiary/aromatic N) is 4. The summed E-state index contributed by atoms with van der Waals surface area (Å²) in [6, 6.07) is 15.5. The molecule has 39 heavy (non-hydrogen) atoms. The molecule has 0 saturated carbocycles. The lowest BCUT2D eigenvalue weighted by Crippen LogP contribution is -2.37. The van der Waals surface area contributed by atoms with Gasteiger partial charge in [0.25, 0.3) is 5.91 Å². The SMILES string of the molecule is COc1cccc2sc(N(Cc3cccnc3)C(=O)c3ccc(S(=O)(=O)N(CC(C)C)CC(C)C)cc3)nc12. The first-order valence-electron chi connectivity index (χ1n) is 12.8. The molecular formula is C29H34N4O4S2. The third kappa shape index (κ3) is 6.63. The number of pyridine rings is 1. The number of methoxy groups -OCH3 is 1. The predicted molar refractivity (Wildman–Crippen MR) is 156 cm³/mol. The Morgan fingerprint density at radius 2 is 1.67 bits per heavy atom. The van der Waals surface area contributed by atoms with Gasteiger partial charge in [0.2, 0.25) is 10.0 Å². The molecule has 1 amide bonds. The average molecular weight is 567 g/mol. The van der Waals surface area contributed by atoms with E-state index in [9.17, 15) is 13.2 Å². The second-order valence-electron chi connectivity index (χ2n) is 10.2. The van der Waals surface area contributed by atoms with Crippen molar-refractivity contribution in [3.63, 3.8) is 0 Å². The number of hydrogen-bond acceptors (Lipinski definition) is 7. The maximum absolute atomic E-state index is 13.8. The summed E-state index contributed by atoms with van der Waals surface area (Å²) in [5.74, 6) is 0.716. The topological polar surface area (TPSA) is 92.7 Å². The maximum atomic E-state index is 13.8. The number of rotatable bonds is 11. The third-order valence-corrected chi connectivity index (χ3v) is 8.90. The van der Waals surface area contributed by atoms with Gasteiger partial charge in [-0.2, -0.15) is 4.31 Å². The number of sulfonamides is 1. The first-order chi connectivity index (χ1) is 18.6. The molecule has 206 valence electrons. The molecule has 2 aromatic heterocycles. The quantitative estimate of drug-likeness (QED) is 0.226. The van der Waals surface area contributed by atoms with Crippen LogP contribution in [0.15, 0.2) is 71.9 Å². The van der Waals surface area contributed by atoms with Crippen LogP contribution in [0.25, 0.3) is 10.2 Å². The fourth-order valence-corrected chi connectivity index (χ4v) is 7.00. The van der Waals surface area contributed by atoms with E-state index in [1.807, 2.05) is 58.0 Å². The van der Waals surface area contributed by atoms with Crippen molar-refractivity contribution in [3.05, 3.63) is 78.1 Å². The van der Waals surface area contributed by atoms with Gasteiger partial charge in [-0.3, -0.25) is 14.7 Å². The summed E-state index contributed by atoms with van der Waals surface area (Å²) in [6.45, 7) is 9.12. The Bertz CT molecular complexity index is 1510. The highest BCUT2D eigenvalue weighted by Gasteiger charge is 2.27. The summed E-state index contributed by atoms with van der Waals surface area (Å²) in [4.78, 5) is 24.5. The van der Waals surface area contributed by atoms with E-state index in [4.69, 9.17) is 9.72 Å². The number of para-hydroxylation sites is 1. The molecule has 10 heteroatoms. The number of ether oxygens (including phenoxy) is 1. The lowest BCUT2D eigenvalue weighted by molar-refractivity contribution is 0.0985. The second-order valence-corrected chi connectivity index (χ2v) is 13.1. The van der Waals surface area contributed by atoms with Crippen LogP contribution in [0.2, 0.25) is 0 Å². The summed E-state index contributed by atoms with van der Waals surface area (Å²) in [6.07, 6.45) is 3.39. The van der Waals surface area contributed by atoms with Gasteiger partial charge < -0.3 is 4.74 Å². The summed E-state index contributed by atoms with van der Waals surface area (Å²) in [5.41, 5.74) is 1.89. The molecule has 0 spiro atoms. The van der Waals surface area contributed by atoms with Crippen LogP contribution in [0.1, 0.15) is 43.6 Å². The van der Waals surface area contributed by atoms with Crippen LogP contribution in [-0.2, 0) is 16.6 Å². The minimum absolute atomic E-state index is 0.170. The molecule has 2 heterocycles. The van der Waals surface area contributed by atoms with Crippen molar-refractivity contribution in [2.75, 3.05) is 25.1 Å². The zero-order valence-corrected chi connectivity index (χ0v) is 24.5. The number of aromatic nitrogens is 2. The van der Waals surface area contributed by atoms with E-state index in [-0.39, 0.29) is 29.2 Å². The van der Waals surface area contributed by atoms with Crippen LogP contribution in [0, 0.1) is 11.8 Å². The van der Waals surface area contributed by atoms with Crippen LogP contribution in [0.4, 0.5) is 5.13 Å². The smallest absolute Gasteiger partial charge is 0.260 e. The zero-order valence-electron chi connectivity index (χ0n) is 22.9. The highest BCUT2D eigenvalue weighted by atomic mass is 32.2. The van der Waals surface area contributed by atoms with Crippen molar-refractivity contribution in [1.29, 1.82) is 0 Å². The van der Waals surface area contributed by atoms with Crippen LogP contribution in [0.5, 0.6) is 5.75 Å². The van der Waals surface area contributed by atoms with Crippen molar-refractivity contribution >= 4 is 42.6 Å². The van der Waals surface area contributed by atoms with Gasteiger partial charge >= 0.3 is 0 Å². The van der Waals surface area contributed by atoms with Gasteiger partial charge in [-0.25, -0.2) is 13.4 Å². The number of thiazole rings is 1. The Balaban J connectivity index is 1.69. The van der Waals surface area contributed by atoms with Crippen LogP contribution < -0.4 is 9.64 Å². The fourth-order valence-electron chi connectivity index (χ4n) is 4.25. The van der Waals surface area contributed by atoms with Crippen molar-refractivity contribution < 1.29 is 17.9 Å². The summed E-state index contributed by atoms with van der Waals surface area (Å²) >= 11 is 1.39. The Morgan fingerprint density at radius 3 is 2.26 bits per heavy atom. The summed E-state index contributed by atoms with van der Waals surface area (Å²) in [5, 5.41) is 0.514. The number of anilines is 1. The standard InChI is InChI=1S/C29H34N4O4S2/c1-20(2)17-32(18-21(3)4)39(35,36)24-13-11-23(12-14-24)28(34)33(19-22-8-7-15-30-16-22)29-31-27-25(37-5)9-6-10-26(27)38-29/h6-16,20-21H,17-19H2,1-5H3. The molecule has 2 aromatic carbocycles. The largest absolute Gasteiger partial charge is 0.494 e. The van der Waals surface area contributed by atoms with Gasteiger partial charge in [0.05, 0.1) is 23.2 Å². The number of fused-ring (bicyclic) bond motifs is 1. The maximum Gasteiger partial charge on any atom is 0.260 e. The minimum atomic E-state index is -3.70. The van der Waals surface area contributed by atoms with Gasteiger partial charge in [-0.05, 0) is 59.9 Å². The molecule has 0 unspecified atom stereocenters. The molecule has 0 N–H and O–H groups in total. The third-order valence-electron chi connectivity index (χ3n) is 6.01. The Labute approximate surface area is 234 Å². The molecule has 4 aromatic rings. The normalized spacial score (nSPS) is 12.0. The highest BCUT2D eigenvalue weighted by molar-refractivity contribution is 7.89. The van der Waals surface area contributed by atoms with Gasteiger partial charge in [0, 0.05) is 31.0 Å². The Hall–Kier alpha value is -3.34. The lowest BCUT2D eigenvalue weighted by atomic mass is 10.2. The van der Waals surface area contributed by atoms with E-state index in [1.54, 1.807) is 36.5 Å². The minimum Gasteiger partial charge on any atom is -0.494 e. The molecule has 4 rings (SSSR count). The summed E-state index contributed by atoms with van der Waals surface area (Å²) < 4.78 is 34.8. The van der Waals surface area contributed by atoms with Gasteiger partial charge in [-0.1, -0.05) is 51.2 Å².